The second-order valence-electron chi connectivity index (χ2n) is 3.23. The molecule has 6 nitrogen and oxygen atoms in total. The van der Waals surface area contributed by atoms with Gasteiger partial charge in [0.15, 0.2) is 5.82 Å². The van der Waals surface area contributed by atoms with E-state index in [1.807, 2.05) is 23.7 Å². The lowest BCUT2D eigenvalue weighted by atomic mass is 10.3. The van der Waals surface area contributed by atoms with Crippen molar-refractivity contribution in [3.05, 3.63) is 36.0 Å². The standard InChI is InChI=1S/C10H8N6S/c1-2-8(17-5-1)7-6-12-15-10(7)16-14-9-3-4-11-13-9/h1-6H,(H,11,13)(H,12,15). The van der Waals surface area contributed by atoms with Gasteiger partial charge in [0.2, 0.25) is 5.82 Å². The zero-order valence-corrected chi connectivity index (χ0v) is 9.48. The number of rotatable bonds is 3. The average Bonchev–Trinajstić information content (AvgIpc) is 3.09. The maximum atomic E-state index is 4.07. The SMILES string of the molecule is c1csc(-c2c[nH]nc2N=Nc2cc[nH]n2)c1. The van der Waals surface area contributed by atoms with Crippen LogP contribution in [0.15, 0.2) is 46.2 Å². The minimum atomic E-state index is 0.533. The van der Waals surface area contributed by atoms with Crippen LogP contribution in [0.25, 0.3) is 10.4 Å². The molecule has 3 rings (SSSR count). The van der Waals surface area contributed by atoms with Gasteiger partial charge in [-0.25, -0.2) is 0 Å². The molecule has 0 aliphatic rings. The van der Waals surface area contributed by atoms with E-state index in [2.05, 4.69) is 30.6 Å². The van der Waals surface area contributed by atoms with Crippen LogP contribution in [0.5, 0.6) is 0 Å². The molecule has 0 aliphatic carbocycles. The number of aromatic amines is 2. The van der Waals surface area contributed by atoms with Gasteiger partial charge in [0.05, 0.1) is 5.56 Å². The second-order valence-corrected chi connectivity index (χ2v) is 4.18. The summed E-state index contributed by atoms with van der Waals surface area (Å²) in [5, 5.41) is 23.5. The normalized spacial score (nSPS) is 11.3. The Hall–Kier alpha value is -2.28. The molecule has 3 aromatic rings. The van der Waals surface area contributed by atoms with E-state index >= 15 is 0 Å². The van der Waals surface area contributed by atoms with Crippen molar-refractivity contribution in [1.82, 2.24) is 20.4 Å². The molecule has 0 saturated carbocycles. The summed E-state index contributed by atoms with van der Waals surface area (Å²) in [7, 11) is 0. The largest absolute Gasteiger partial charge is 0.283 e. The minimum Gasteiger partial charge on any atom is -0.283 e. The Bertz CT molecular complexity index is 607. The molecule has 0 saturated heterocycles. The summed E-state index contributed by atoms with van der Waals surface area (Å²) in [6.45, 7) is 0. The van der Waals surface area contributed by atoms with Crippen molar-refractivity contribution >= 4 is 23.0 Å². The Kier molecular flexibility index (Phi) is 2.51. The molecule has 84 valence electrons. The van der Waals surface area contributed by atoms with Crippen LogP contribution < -0.4 is 0 Å². The van der Waals surface area contributed by atoms with E-state index in [9.17, 15) is 0 Å². The Labute approximate surface area is 100 Å². The first-order valence-electron chi connectivity index (χ1n) is 4.92. The third-order valence-corrected chi connectivity index (χ3v) is 3.04. The molecule has 0 unspecified atom stereocenters. The van der Waals surface area contributed by atoms with Crippen LogP contribution in [0.4, 0.5) is 11.6 Å². The van der Waals surface area contributed by atoms with Gasteiger partial charge in [-0.3, -0.25) is 10.2 Å². The molecular weight excluding hydrogens is 236 g/mol. The van der Waals surface area contributed by atoms with E-state index in [1.54, 1.807) is 23.6 Å². The van der Waals surface area contributed by atoms with E-state index in [-0.39, 0.29) is 0 Å². The highest BCUT2D eigenvalue weighted by Gasteiger charge is 2.08. The number of nitrogens with one attached hydrogen (secondary N) is 2. The van der Waals surface area contributed by atoms with Gasteiger partial charge < -0.3 is 0 Å². The van der Waals surface area contributed by atoms with Gasteiger partial charge in [0.1, 0.15) is 0 Å². The van der Waals surface area contributed by atoms with Crippen molar-refractivity contribution in [2.75, 3.05) is 0 Å². The molecule has 3 heterocycles. The second kappa shape index (κ2) is 4.30. The van der Waals surface area contributed by atoms with Crippen LogP contribution in [0.1, 0.15) is 0 Å². The van der Waals surface area contributed by atoms with Crippen molar-refractivity contribution in [2.24, 2.45) is 10.2 Å². The molecule has 0 bridgehead atoms. The first-order chi connectivity index (χ1) is 8.43. The summed E-state index contributed by atoms with van der Waals surface area (Å²) >= 11 is 1.63. The molecule has 17 heavy (non-hydrogen) atoms. The number of thiophene rings is 1. The highest BCUT2D eigenvalue weighted by molar-refractivity contribution is 7.13. The molecule has 0 radical (unpaired) electrons. The van der Waals surface area contributed by atoms with Gasteiger partial charge in [0.25, 0.3) is 0 Å². The zero-order valence-electron chi connectivity index (χ0n) is 8.66. The van der Waals surface area contributed by atoms with Crippen LogP contribution in [0.3, 0.4) is 0 Å². The highest BCUT2D eigenvalue weighted by atomic mass is 32.1. The van der Waals surface area contributed by atoms with Gasteiger partial charge in [-0.05, 0) is 11.4 Å². The molecular formula is C10H8N6S. The van der Waals surface area contributed by atoms with Crippen LogP contribution in [-0.4, -0.2) is 20.4 Å². The fraction of sp³-hybridized carbons (Fsp3) is 0. The van der Waals surface area contributed by atoms with Gasteiger partial charge in [0, 0.05) is 23.3 Å². The van der Waals surface area contributed by atoms with Crippen molar-refractivity contribution in [1.29, 1.82) is 0 Å². The number of aromatic nitrogens is 4. The summed E-state index contributed by atoms with van der Waals surface area (Å²) in [4.78, 5) is 1.11. The Balaban J connectivity index is 1.92. The van der Waals surface area contributed by atoms with Crippen LogP contribution >= 0.6 is 11.3 Å². The van der Waals surface area contributed by atoms with Crippen molar-refractivity contribution < 1.29 is 0 Å². The monoisotopic (exact) mass is 244 g/mol. The lowest BCUT2D eigenvalue weighted by molar-refractivity contribution is 1.03. The van der Waals surface area contributed by atoms with Gasteiger partial charge in [-0.1, -0.05) is 6.07 Å². The summed E-state index contributed by atoms with van der Waals surface area (Å²) in [5.41, 5.74) is 0.944. The third kappa shape index (κ3) is 2.00. The van der Waals surface area contributed by atoms with E-state index in [0.29, 0.717) is 11.6 Å². The van der Waals surface area contributed by atoms with Crippen LogP contribution in [-0.2, 0) is 0 Å². The Morgan fingerprint density at radius 2 is 2.12 bits per heavy atom. The predicted molar refractivity (Wildman–Crippen MR) is 64.7 cm³/mol. The molecule has 0 spiro atoms. The molecule has 0 aliphatic heterocycles. The third-order valence-electron chi connectivity index (χ3n) is 2.14. The summed E-state index contributed by atoms with van der Waals surface area (Å²) in [6.07, 6.45) is 3.50. The Morgan fingerprint density at radius 1 is 1.12 bits per heavy atom. The maximum Gasteiger partial charge on any atom is 0.204 e. The van der Waals surface area contributed by atoms with Crippen molar-refractivity contribution in [3.63, 3.8) is 0 Å². The first kappa shape index (κ1) is 9.91. The molecule has 0 aromatic carbocycles. The zero-order chi connectivity index (χ0) is 11.5. The number of hydrogen-bond acceptors (Lipinski definition) is 5. The molecule has 7 heteroatoms. The lowest BCUT2D eigenvalue weighted by Gasteiger charge is -1.91. The molecule has 0 amide bonds. The first-order valence-corrected chi connectivity index (χ1v) is 5.80. The molecule has 0 atom stereocenters. The minimum absolute atomic E-state index is 0.533. The van der Waals surface area contributed by atoms with Crippen molar-refractivity contribution in [3.8, 4) is 10.4 Å². The predicted octanol–water partition coefficient (Wildman–Crippen LogP) is 3.28. The summed E-state index contributed by atoms with van der Waals surface area (Å²) < 4.78 is 0. The molecule has 2 N–H and O–H groups in total. The maximum absolute atomic E-state index is 4.07. The van der Waals surface area contributed by atoms with Gasteiger partial charge in [-0.2, -0.15) is 10.2 Å². The quantitative estimate of drug-likeness (QED) is 0.693. The fourth-order valence-electron chi connectivity index (χ4n) is 1.38. The topological polar surface area (TPSA) is 82.1 Å². The van der Waals surface area contributed by atoms with E-state index in [4.69, 9.17) is 0 Å². The summed E-state index contributed by atoms with van der Waals surface area (Å²) in [5.74, 6) is 1.10. The fourth-order valence-corrected chi connectivity index (χ4v) is 2.12. The van der Waals surface area contributed by atoms with E-state index in [0.717, 1.165) is 10.4 Å². The van der Waals surface area contributed by atoms with Crippen molar-refractivity contribution in [2.45, 2.75) is 0 Å². The van der Waals surface area contributed by atoms with E-state index < -0.39 is 0 Å². The van der Waals surface area contributed by atoms with Gasteiger partial charge in [-0.15, -0.1) is 21.6 Å². The summed E-state index contributed by atoms with van der Waals surface area (Å²) in [6, 6.07) is 5.74. The van der Waals surface area contributed by atoms with Crippen LogP contribution in [0.2, 0.25) is 0 Å². The lowest BCUT2D eigenvalue weighted by Crippen LogP contribution is -1.69. The highest BCUT2D eigenvalue weighted by Crippen LogP contribution is 2.31. The smallest absolute Gasteiger partial charge is 0.204 e. The van der Waals surface area contributed by atoms with Gasteiger partial charge >= 0.3 is 0 Å². The Morgan fingerprint density at radius 3 is 2.88 bits per heavy atom. The number of hydrogen-bond donors (Lipinski definition) is 2. The average molecular weight is 244 g/mol. The van der Waals surface area contributed by atoms with E-state index in [1.165, 1.54) is 0 Å². The molecule has 0 fully saturated rings. The molecule has 3 aromatic heterocycles. The number of H-pyrrole nitrogens is 2. The number of nitrogens with zero attached hydrogens (tertiary/aromatic N) is 4. The number of azo groups is 1. The van der Waals surface area contributed by atoms with Crippen LogP contribution in [0, 0.1) is 0 Å².